The molecule has 0 spiro atoms. The van der Waals surface area contributed by atoms with Gasteiger partial charge in [-0.05, 0) is 123 Å². The van der Waals surface area contributed by atoms with Gasteiger partial charge in [0.05, 0.1) is 11.0 Å². The summed E-state index contributed by atoms with van der Waals surface area (Å²) in [7, 11) is 0. The molecule has 0 N–H and O–H groups in total. The Morgan fingerprint density at radius 2 is 1.21 bits per heavy atom. The first-order valence-corrected chi connectivity index (χ1v) is 18.6. The minimum atomic E-state index is 1.09. The third-order valence-electron chi connectivity index (χ3n) is 10.4. The topological polar surface area (TPSA) is 4.93 Å². The molecule has 9 rings (SSSR count). The van der Waals surface area contributed by atoms with Crippen LogP contribution in [0.1, 0.15) is 29.5 Å². The monoisotopic (exact) mass is 681 g/mol. The molecule has 0 aliphatic rings. The summed E-state index contributed by atoms with van der Waals surface area (Å²) in [6.07, 6.45) is 7.27. The Kier molecular flexibility index (Phi) is 9.56. The van der Waals surface area contributed by atoms with Gasteiger partial charge in [-0.1, -0.05) is 152 Å². The zero-order valence-electron chi connectivity index (χ0n) is 30.3. The van der Waals surface area contributed by atoms with Crippen LogP contribution in [0.4, 0.5) is 0 Å². The molecule has 0 unspecified atom stereocenters. The number of para-hydroxylation sites is 1. The highest BCUT2D eigenvalue weighted by atomic mass is 15.0. The summed E-state index contributed by atoms with van der Waals surface area (Å²) in [5, 5.41) is 7.78. The Bertz CT molecular complexity index is 2730. The summed E-state index contributed by atoms with van der Waals surface area (Å²) in [6, 6.07) is 61.4. The summed E-state index contributed by atoms with van der Waals surface area (Å²) in [5.74, 6) is 0. The Morgan fingerprint density at radius 1 is 0.528 bits per heavy atom. The van der Waals surface area contributed by atoms with E-state index in [9.17, 15) is 0 Å². The van der Waals surface area contributed by atoms with Crippen LogP contribution in [0, 0.1) is 6.92 Å². The van der Waals surface area contributed by atoms with Gasteiger partial charge >= 0.3 is 0 Å². The van der Waals surface area contributed by atoms with Gasteiger partial charge in [0.2, 0.25) is 0 Å². The van der Waals surface area contributed by atoms with Crippen LogP contribution in [0.2, 0.25) is 0 Å². The van der Waals surface area contributed by atoms with E-state index in [4.69, 9.17) is 0 Å². The minimum absolute atomic E-state index is 1.09. The normalized spacial score (nSPS) is 11.1. The molecular weight excluding hydrogens is 639 g/mol. The Balaban J connectivity index is 0.000000263. The van der Waals surface area contributed by atoms with Gasteiger partial charge in [-0.25, -0.2) is 0 Å². The van der Waals surface area contributed by atoms with Crippen molar-refractivity contribution in [2.75, 3.05) is 0 Å². The lowest BCUT2D eigenvalue weighted by Crippen LogP contribution is -1.93. The van der Waals surface area contributed by atoms with Crippen LogP contribution < -0.4 is 0 Å². The van der Waals surface area contributed by atoms with Gasteiger partial charge in [0, 0.05) is 16.5 Å². The summed E-state index contributed by atoms with van der Waals surface area (Å²) in [6.45, 7) is 9.73. The maximum atomic E-state index is 3.80. The molecule has 0 saturated heterocycles. The molecular formula is C52H43N. The van der Waals surface area contributed by atoms with Crippen molar-refractivity contribution in [1.82, 2.24) is 4.57 Å². The fourth-order valence-corrected chi connectivity index (χ4v) is 7.82. The number of hydrogen-bond donors (Lipinski definition) is 0. The molecule has 1 heterocycles. The largest absolute Gasteiger partial charge is 0.309 e. The number of aryl methyl sites for hydroxylation is 2. The van der Waals surface area contributed by atoms with Crippen molar-refractivity contribution in [2.24, 2.45) is 0 Å². The van der Waals surface area contributed by atoms with E-state index in [1.54, 1.807) is 0 Å². The fourth-order valence-electron chi connectivity index (χ4n) is 7.82. The van der Waals surface area contributed by atoms with Crippen molar-refractivity contribution >= 4 is 49.4 Å². The number of fused-ring (bicyclic) bond motifs is 6. The van der Waals surface area contributed by atoms with Gasteiger partial charge in [0.1, 0.15) is 0 Å². The quantitative estimate of drug-likeness (QED) is 0.0855. The van der Waals surface area contributed by atoms with Crippen LogP contribution in [0.5, 0.6) is 0 Å². The van der Waals surface area contributed by atoms with Crippen LogP contribution in [0.3, 0.4) is 0 Å². The lowest BCUT2D eigenvalue weighted by atomic mass is 9.92. The van der Waals surface area contributed by atoms with E-state index in [1.807, 2.05) is 18.2 Å². The second-order valence-electron chi connectivity index (χ2n) is 13.7. The zero-order chi connectivity index (χ0) is 36.1. The number of rotatable bonds is 8. The first-order chi connectivity index (χ1) is 26.1. The third-order valence-corrected chi connectivity index (χ3v) is 10.4. The summed E-state index contributed by atoms with van der Waals surface area (Å²) >= 11 is 0. The maximum absolute atomic E-state index is 3.80. The molecule has 9 aromatic rings. The number of hydrogen-bond acceptors (Lipinski definition) is 0. The van der Waals surface area contributed by atoms with Crippen LogP contribution in [0.15, 0.2) is 189 Å². The highest BCUT2D eigenvalue weighted by molar-refractivity contribution is 6.14. The predicted molar refractivity (Wildman–Crippen MR) is 231 cm³/mol. The van der Waals surface area contributed by atoms with Crippen molar-refractivity contribution in [3.05, 3.63) is 206 Å². The first-order valence-electron chi connectivity index (χ1n) is 18.6. The fraction of sp³-hybridized carbons (Fsp3) is 0.0769. The van der Waals surface area contributed by atoms with Crippen LogP contribution in [0.25, 0.3) is 77.4 Å². The lowest BCUT2D eigenvalue weighted by Gasteiger charge is -2.12. The van der Waals surface area contributed by atoms with Crippen LogP contribution >= 0.6 is 0 Å². The first kappa shape index (κ1) is 33.7. The summed E-state index contributed by atoms with van der Waals surface area (Å²) in [5.41, 5.74) is 12.6. The van der Waals surface area contributed by atoms with E-state index >= 15 is 0 Å². The van der Waals surface area contributed by atoms with Gasteiger partial charge in [0.25, 0.3) is 0 Å². The molecule has 53 heavy (non-hydrogen) atoms. The number of nitrogens with zero attached hydrogens (tertiary/aromatic N) is 1. The molecule has 256 valence electrons. The van der Waals surface area contributed by atoms with Crippen LogP contribution in [-0.2, 0) is 6.42 Å². The summed E-state index contributed by atoms with van der Waals surface area (Å²) < 4.78 is 2.38. The van der Waals surface area contributed by atoms with E-state index in [-0.39, 0.29) is 0 Å². The molecule has 1 heteroatoms. The maximum Gasteiger partial charge on any atom is 0.0543 e. The van der Waals surface area contributed by atoms with E-state index in [2.05, 4.69) is 188 Å². The van der Waals surface area contributed by atoms with E-state index in [0.717, 1.165) is 12.8 Å². The van der Waals surface area contributed by atoms with Crippen molar-refractivity contribution in [1.29, 1.82) is 0 Å². The Hall–Kier alpha value is -6.44. The van der Waals surface area contributed by atoms with Gasteiger partial charge in [-0.2, -0.15) is 0 Å². The Labute approximate surface area is 312 Å². The average molecular weight is 682 g/mol. The number of allylic oxidation sites excluding steroid dienone is 1. The van der Waals surface area contributed by atoms with E-state index < -0.39 is 0 Å². The van der Waals surface area contributed by atoms with E-state index in [1.165, 1.54) is 94.4 Å². The van der Waals surface area contributed by atoms with Crippen molar-refractivity contribution in [2.45, 2.75) is 26.2 Å². The SMILES string of the molecule is C=CCCCc1ccccc1C=C.Cc1cccc2c1c1cc(-c3ccc(-c4cc5ccccc5c5ccccc45)cc3)ccc1n2-c1ccccc1. The number of aromatic nitrogens is 1. The zero-order valence-corrected chi connectivity index (χ0v) is 30.3. The molecule has 8 aromatic carbocycles. The molecule has 0 aliphatic heterocycles. The molecule has 0 atom stereocenters. The molecule has 0 amide bonds. The van der Waals surface area contributed by atoms with Gasteiger partial charge in [-0.15, -0.1) is 6.58 Å². The molecule has 0 bridgehead atoms. The van der Waals surface area contributed by atoms with Gasteiger partial charge < -0.3 is 4.57 Å². The number of unbranched alkanes of at least 4 members (excludes halogenated alkanes) is 1. The molecule has 0 aliphatic carbocycles. The number of benzene rings is 8. The molecule has 1 aromatic heterocycles. The highest BCUT2D eigenvalue weighted by Gasteiger charge is 2.15. The van der Waals surface area contributed by atoms with Crippen molar-refractivity contribution in [3.8, 4) is 27.9 Å². The average Bonchev–Trinajstić information content (AvgIpc) is 3.56. The van der Waals surface area contributed by atoms with Crippen molar-refractivity contribution < 1.29 is 0 Å². The standard InChI is InChI=1S/C39H27N.C13H16/c1-26-10-9-17-38-39(26)36-24-29(22-23-37(36)40(38)31-12-3-2-4-13-31)27-18-20-28(21-19-27)35-25-30-11-5-6-14-32(30)33-15-7-8-16-34(33)35;1-3-5-6-10-13-11-8-7-9-12(13)4-2/h2-25H,1H3;3-4,7-9,11H,1-2,5-6,10H2. The Morgan fingerprint density at radius 3 is 2.00 bits per heavy atom. The molecule has 1 nitrogen and oxygen atoms in total. The highest BCUT2D eigenvalue weighted by Crippen LogP contribution is 2.38. The molecule has 0 saturated carbocycles. The lowest BCUT2D eigenvalue weighted by molar-refractivity contribution is 0.843. The minimum Gasteiger partial charge on any atom is -0.309 e. The second kappa shape index (κ2) is 15.0. The van der Waals surface area contributed by atoms with Crippen LogP contribution in [-0.4, -0.2) is 4.57 Å². The molecule has 0 fully saturated rings. The van der Waals surface area contributed by atoms with E-state index in [0.29, 0.717) is 0 Å². The summed E-state index contributed by atoms with van der Waals surface area (Å²) in [4.78, 5) is 0. The third kappa shape index (κ3) is 6.59. The predicted octanol–water partition coefficient (Wildman–Crippen LogP) is 14.6. The van der Waals surface area contributed by atoms with Gasteiger partial charge in [0.15, 0.2) is 0 Å². The molecule has 0 radical (unpaired) electrons. The second-order valence-corrected chi connectivity index (χ2v) is 13.7. The van der Waals surface area contributed by atoms with Gasteiger partial charge in [-0.3, -0.25) is 0 Å². The van der Waals surface area contributed by atoms with Crippen molar-refractivity contribution in [3.63, 3.8) is 0 Å². The smallest absolute Gasteiger partial charge is 0.0543 e.